The standard InChI is InChI=1S/C28H26N2O5/c1-4-34-25-16-21(11-14-24(25)35-17-20-9-5-18(2)6-10-20)15-23-26(31)29-28(33)30(27(23)32)22-12-7-19(3)8-13-22/h5-16H,4,17H2,1-3H3,(H,29,31,33)/b23-15+. The molecule has 7 nitrogen and oxygen atoms in total. The molecule has 0 aromatic heterocycles. The lowest BCUT2D eigenvalue weighted by Crippen LogP contribution is -2.54. The summed E-state index contributed by atoms with van der Waals surface area (Å²) in [6, 6.07) is 19.3. The summed E-state index contributed by atoms with van der Waals surface area (Å²) in [5, 5.41) is 2.24. The predicted molar refractivity (Wildman–Crippen MR) is 133 cm³/mol. The van der Waals surface area contributed by atoms with Gasteiger partial charge in [-0.1, -0.05) is 53.6 Å². The minimum absolute atomic E-state index is 0.152. The van der Waals surface area contributed by atoms with E-state index in [2.05, 4.69) is 5.32 Å². The molecule has 0 spiro atoms. The highest BCUT2D eigenvalue weighted by molar-refractivity contribution is 6.39. The van der Waals surface area contributed by atoms with Gasteiger partial charge in [-0.2, -0.15) is 0 Å². The first-order chi connectivity index (χ1) is 16.9. The van der Waals surface area contributed by atoms with Gasteiger partial charge in [-0.3, -0.25) is 14.9 Å². The molecule has 0 unspecified atom stereocenters. The number of hydrogen-bond acceptors (Lipinski definition) is 5. The van der Waals surface area contributed by atoms with Crippen molar-refractivity contribution in [2.75, 3.05) is 11.5 Å². The fraction of sp³-hybridized carbons (Fsp3) is 0.179. The predicted octanol–water partition coefficient (Wildman–Crippen LogP) is 4.95. The van der Waals surface area contributed by atoms with E-state index in [1.165, 1.54) is 11.6 Å². The number of carbonyl (C=O) groups excluding carboxylic acids is 3. The molecule has 35 heavy (non-hydrogen) atoms. The van der Waals surface area contributed by atoms with Crippen LogP contribution in [0.2, 0.25) is 0 Å². The SMILES string of the molecule is CCOc1cc(/C=C2\C(=O)NC(=O)N(c3ccc(C)cc3)C2=O)ccc1OCc1ccc(C)cc1. The van der Waals surface area contributed by atoms with Crippen LogP contribution >= 0.6 is 0 Å². The van der Waals surface area contributed by atoms with Crippen molar-refractivity contribution in [3.63, 3.8) is 0 Å². The number of barbiturate groups is 1. The van der Waals surface area contributed by atoms with E-state index in [1.807, 2.05) is 45.0 Å². The number of imide groups is 2. The number of nitrogens with zero attached hydrogens (tertiary/aromatic N) is 1. The fourth-order valence-electron chi connectivity index (χ4n) is 3.60. The van der Waals surface area contributed by atoms with Crippen LogP contribution in [-0.2, 0) is 16.2 Å². The van der Waals surface area contributed by atoms with Crippen LogP contribution in [-0.4, -0.2) is 24.5 Å². The summed E-state index contributed by atoms with van der Waals surface area (Å²) in [5.74, 6) is -0.407. The molecule has 1 N–H and O–H groups in total. The summed E-state index contributed by atoms with van der Waals surface area (Å²) >= 11 is 0. The molecule has 178 valence electrons. The third-order valence-electron chi connectivity index (χ3n) is 5.49. The largest absolute Gasteiger partial charge is 0.490 e. The Hall–Kier alpha value is -4.39. The molecule has 1 aliphatic rings. The summed E-state index contributed by atoms with van der Waals surface area (Å²) in [5.41, 5.74) is 3.97. The summed E-state index contributed by atoms with van der Waals surface area (Å²) < 4.78 is 11.7. The van der Waals surface area contributed by atoms with Crippen LogP contribution in [0.5, 0.6) is 11.5 Å². The van der Waals surface area contributed by atoms with Crippen LogP contribution in [0.3, 0.4) is 0 Å². The van der Waals surface area contributed by atoms with Gasteiger partial charge in [-0.15, -0.1) is 0 Å². The molecular formula is C28H26N2O5. The molecule has 0 atom stereocenters. The van der Waals surface area contributed by atoms with Gasteiger partial charge >= 0.3 is 6.03 Å². The number of ether oxygens (including phenoxy) is 2. The number of aryl methyl sites for hydroxylation is 2. The van der Waals surface area contributed by atoms with E-state index in [-0.39, 0.29) is 5.57 Å². The van der Waals surface area contributed by atoms with Gasteiger partial charge in [0.05, 0.1) is 12.3 Å². The number of amides is 4. The molecule has 0 radical (unpaired) electrons. The highest BCUT2D eigenvalue weighted by Gasteiger charge is 2.36. The third kappa shape index (κ3) is 5.41. The van der Waals surface area contributed by atoms with Crippen LogP contribution in [0, 0.1) is 13.8 Å². The van der Waals surface area contributed by atoms with Crippen molar-refractivity contribution in [3.8, 4) is 11.5 Å². The number of urea groups is 1. The van der Waals surface area contributed by atoms with Gasteiger partial charge in [-0.25, -0.2) is 9.69 Å². The smallest absolute Gasteiger partial charge is 0.335 e. The Labute approximate surface area is 204 Å². The van der Waals surface area contributed by atoms with Gasteiger partial charge in [0.1, 0.15) is 12.2 Å². The molecule has 0 saturated carbocycles. The molecule has 3 aromatic carbocycles. The topological polar surface area (TPSA) is 84.9 Å². The molecule has 3 aromatic rings. The Morgan fingerprint density at radius 1 is 0.829 bits per heavy atom. The first kappa shape index (κ1) is 23.8. The van der Waals surface area contributed by atoms with E-state index in [4.69, 9.17) is 9.47 Å². The first-order valence-electron chi connectivity index (χ1n) is 11.3. The lowest BCUT2D eigenvalue weighted by Gasteiger charge is -2.26. The number of carbonyl (C=O) groups is 3. The number of rotatable bonds is 7. The Balaban J connectivity index is 1.60. The van der Waals surface area contributed by atoms with Crippen LogP contribution in [0.4, 0.5) is 10.5 Å². The van der Waals surface area contributed by atoms with Crippen molar-refractivity contribution in [3.05, 3.63) is 94.6 Å². The van der Waals surface area contributed by atoms with Gasteiger partial charge < -0.3 is 9.47 Å². The zero-order valence-corrected chi connectivity index (χ0v) is 19.8. The molecule has 4 rings (SSSR count). The van der Waals surface area contributed by atoms with Gasteiger partial charge in [0.25, 0.3) is 11.8 Å². The normalized spacial score (nSPS) is 14.8. The van der Waals surface area contributed by atoms with E-state index >= 15 is 0 Å². The molecule has 1 aliphatic heterocycles. The van der Waals surface area contributed by atoms with Crippen LogP contribution in [0.1, 0.15) is 29.2 Å². The Morgan fingerprint density at radius 3 is 2.14 bits per heavy atom. The first-order valence-corrected chi connectivity index (χ1v) is 11.3. The van der Waals surface area contributed by atoms with Crippen LogP contribution in [0.25, 0.3) is 6.08 Å². The zero-order chi connectivity index (χ0) is 24.9. The van der Waals surface area contributed by atoms with Crippen LogP contribution in [0.15, 0.2) is 72.3 Å². The van der Waals surface area contributed by atoms with Crippen molar-refractivity contribution < 1.29 is 23.9 Å². The minimum atomic E-state index is -0.782. The maximum Gasteiger partial charge on any atom is 0.335 e. The summed E-state index contributed by atoms with van der Waals surface area (Å²) in [7, 11) is 0. The lowest BCUT2D eigenvalue weighted by atomic mass is 10.1. The summed E-state index contributed by atoms with van der Waals surface area (Å²) in [6.45, 7) is 6.57. The van der Waals surface area contributed by atoms with Gasteiger partial charge in [0.15, 0.2) is 11.5 Å². The van der Waals surface area contributed by atoms with Crippen molar-refractivity contribution in [2.45, 2.75) is 27.4 Å². The maximum atomic E-state index is 13.1. The minimum Gasteiger partial charge on any atom is -0.490 e. The van der Waals surface area contributed by atoms with Gasteiger partial charge in [-0.05, 0) is 62.2 Å². The van der Waals surface area contributed by atoms with Crippen molar-refractivity contribution >= 4 is 29.6 Å². The van der Waals surface area contributed by atoms with Gasteiger partial charge in [0, 0.05) is 0 Å². The van der Waals surface area contributed by atoms with E-state index in [0.29, 0.717) is 36.0 Å². The Morgan fingerprint density at radius 2 is 1.49 bits per heavy atom. The molecule has 1 saturated heterocycles. The van der Waals surface area contributed by atoms with E-state index in [0.717, 1.165) is 16.0 Å². The Kier molecular flexibility index (Phi) is 6.96. The molecule has 0 bridgehead atoms. The van der Waals surface area contributed by atoms with Crippen molar-refractivity contribution in [2.24, 2.45) is 0 Å². The Bertz CT molecular complexity index is 1290. The second kappa shape index (κ2) is 10.3. The zero-order valence-electron chi connectivity index (χ0n) is 19.8. The molecule has 0 aliphatic carbocycles. The maximum absolute atomic E-state index is 13.1. The molecule has 7 heteroatoms. The molecule has 1 fully saturated rings. The van der Waals surface area contributed by atoms with Crippen LogP contribution < -0.4 is 19.7 Å². The summed E-state index contributed by atoms with van der Waals surface area (Å²) in [4.78, 5) is 39.0. The number of nitrogens with one attached hydrogen (secondary N) is 1. The molecule has 1 heterocycles. The van der Waals surface area contributed by atoms with E-state index in [9.17, 15) is 14.4 Å². The fourth-order valence-corrected chi connectivity index (χ4v) is 3.60. The van der Waals surface area contributed by atoms with E-state index < -0.39 is 17.8 Å². The highest BCUT2D eigenvalue weighted by Crippen LogP contribution is 2.31. The molecule has 4 amide bonds. The monoisotopic (exact) mass is 470 g/mol. The molecular weight excluding hydrogens is 444 g/mol. The second-order valence-corrected chi connectivity index (χ2v) is 8.21. The lowest BCUT2D eigenvalue weighted by molar-refractivity contribution is -0.122. The highest BCUT2D eigenvalue weighted by atomic mass is 16.5. The average Bonchev–Trinajstić information content (AvgIpc) is 2.83. The number of anilines is 1. The summed E-state index contributed by atoms with van der Waals surface area (Å²) in [6.07, 6.45) is 1.44. The quantitative estimate of drug-likeness (QED) is 0.390. The van der Waals surface area contributed by atoms with E-state index in [1.54, 1.807) is 42.5 Å². The third-order valence-corrected chi connectivity index (χ3v) is 5.49. The second-order valence-electron chi connectivity index (χ2n) is 8.21. The van der Waals surface area contributed by atoms with Crippen molar-refractivity contribution in [1.82, 2.24) is 5.32 Å². The van der Waals surface area contributed by atoms with Crippen molar-refractivity contribution in [1.29, 1.82) is 0 Å². The average molecular weight is 471 g/mol. The van der Waals surface area contributed by atoms with Gasteiger partial charge in [0.2, 0.25) is 0 Å². The number of benzene rings is 3. The number of hydrogen-bond donors (Lipinski definition) is 1.